The highest BCUT2D eigenvalue weighted by atomic mass is 31.2. The van der Waals surface area contributed by atoms with Gasteiger partial charge in [0.05, 0.1) is 34.4 Å². The molecule has 0 fully saturated rings. The van der Waals surface area contributed by atoms with Crippen LogP contribution in [0.5, 0.6) is 0 Å². The van der Waals surface area contributed by atoms with Crippen LogP contribution in [0.15, 0.2) is 48.6 Å². The summed E-state index contributed by atoms with van der Waals surface area (Å²) >= 11 is 0. The molecule has 0 aromatic heterocycles. The van der Waals surface area contributed by atoms with Crippen LogP contribution in [0.3, 0.4) is 0 Å². The Labute approximate surface area is 346 Å². The fourth-order valence-corrected chi connectivity index (χ4v) is 6.75. The molecular formula is C47H88NO7P. The summed E-state index contributed by atoms with van der Waals surface area (Å²) in [5.41, 5.74) is 0. The number of unbranched alkanes of at least 4 members (excludes halogenated alkanes) is 20. The van der Waals surface area contributed by atoms with Crippen LogP contribution in [-0.4, -0.2) is 70.7 Å². The van der Waals surface area contributed by atoms with E-state index in [4.69, 9.17) is 18.5 Å². The van der Waals surface area contributed by atoms with Gasteiger partial charge in [-0.2, -0.15) is 0 Å². The van der Waals surface area contributed by atoms with E-state index in [1.165, 1.54) is 103 Å². The lowest BCUT2D eigenvalue weighted by Gasteiger charge is -2.28. The van der Waals surface area contributed by atoms with Gasteiger partial charge in [0, 0.05) is 13.0 Å². The Balaban J connectivity index is 4.24. The van der Waals surface area contributed by atoms with Crippen LogP contribution in [0.4, 0.5) is 0 Å². The smallest absolute Gasteiger partial charge is 0.306 e. The molecule has 8 nitrogen and oxygen atoms in total. The van der Waals surface area contributed by atoms with Crippen LogP contribution < -0.4 is 4.89 Å². The third-order valence-corrected chi connectivity index (χ3v) is 10.6. The van der Waals surface area contributed by atoms with Gasteiger partial charge >= 0.3 is 5.97 Å². The summed E-state index contributed by atoms with van der Waals surface area (Å²) in [4.78, 5) is 25.1. The molecule has 0 N–H and O–H groups in total. The maximum atomic E-state index is 12.7. The second-order valence-electron chi connectivity index (χ2n) is 16.4. The zero-order valence-corrected chi connectivity index (χ0v) is 38.0. The van der Waals surface area contributed by atoms with Crippen molar-refractivity contribution in [1.29, 1.82) is 0 Å². The molecule has 0 saturated heterocycles. The molecule has 0 saturated carbocycles. The van der Waals surface area contributed by atoms with Crippen molar-refractivity contribution in [3.05, 3.63) is 48.6 Å². The zero-order chi connectivity index (χ0) is 41.3. The fraction of sp³-hybridized carbons (Fsp3) is 0.809. The number of nitrogens with zero attached hydrogens (tertiary/aromatic N) is 1. The third-order valence-electron chi connectivity index (χ3n) is 9.60. The van der Waals surface area contributed by atoms with Crippen molar-refractivity contribution in [2.24, 2.45) is 0 Å². The lowest BCUT2D eigenvalue weighted by molar-refractivity contribution is -0.870. The van der Waals surface area contributed by atoms with Crippen molar-refractivity contribution in [1.82, 2.24) is 0 Å². The Bertz CT molecular complexity index is 1040. The SMILES string of the molecule is CCCCC/C=C\C/C=C\CCCCCCCC(=O)OC(COCCCCCCCCCC/C=C\C/C=C\CCCCCC)COP(=O)([O-])OCC[N+](C)(C)C. The number of esters is 1. The summed E-state index contributed by atoms with van der Waals surface area (Å²) in [6.45, 7) is 5.34. The highest BCUT2D eigenvalue weighted by Gasteiger charge is 2.20. The van der Waals surface area contributed by atoms with E-state index < -0.39 is 13.9 Å². The first-order valence-corrected chi connectivity index (χ1v) is 24.3. The normalized spacial score (nSPS) is 14.2. The van der Waals surface area contributed by atoms with Gasteiger partial charge in [-0.3, -0.25) is 9.36 Å². The molecule has 0 aliphatic heterocycles. The number of allylic oxidation sites excluding steroid dienone is 8. The number of hydrogen-bond donors (Lipinski definition) is 0. The molecule has 328 valence electrons. The van der Waals surface area contributed by atoms with Gasteiger partial charge < -0.3 is 27.9 Å². The Kier molecular flexibility index (Phi) is 39.1. The number of likely N-dealkylation sites (N-methyl/N-ethyl adjacent to an activating group) is 1. The molecule has 0 aromatic rings. The van der Waals surface area contributed by atoms with Crippen molar-refractivity contribution >= 4 is 13.8 Å². The summed E-state index contributed by atoms with van der Waals surface area (Å²) in [7, 11) is 1.34. The van der Waals surface area contributed by atoms with Crippen LogP contribution in [0.1, 0.15) is 187 Å². The van der Waals surface area contributed by atoms with Crippen molar-refractivity contribution in [2.75, 3.05) is 54.1 Å². The Morgan fingerprint density at radius 1 is 0.554 bits per heavy atom. The largest absolute Gasteiger partial charge is 0.756 e. The standard InChI is InChI=1S/C47H88NO7P/c1-6-8-10-12-14-16-18-20-22-23-24-25-27-29-31-33-35-37-39-42-52-44-46(45-54-56(50,51)53-43-41-48(3,4)5)55-47(49)40-38-36-34-32-30-28-26-21-19-17-15-13-11-9-7-2/h15-18,21-23,26,46H,6-14,19-20,24-25,27-45H2,1-5H3/b17-15-,18-16-,23-22-,26-21-. The van der Waals surface area contributed by atoms with E-state index in [0.29, 0.717) is 24.1 Å². The fourth-order valence-electron chi connectivity index (χ4n) is 6.02. The van der Waals surface area contributed by atoms with Crippen molar-refractivity contribution in [3.8, 4) is 0 Å². The maximum absolute atomic E-state index is 12.7. The first kappa shape index (κ1) is 54.5. The Morgan fingerprint density at radius 3 is 1.48 bits per heavy atom. The average molecular weight is 810 g/mol. The van der Waals surface area contributed by atoms with Crippen LogP contribution in [0.2, 0.25) is 0 Å². The average Bonchev–Trinajstić information content (AvgIpc) is 3.15. The van der Waals surface area contributed by atoms with Gasteiger partial charge in [-0.1, -0.05) is 152 Å². The highest BCUT2D eigenvalue weighted by Crippen LogP contribution is 2.38. The van der Waals surface area contributed by atoms with Gasteiger partial charge in [0.2, 0.25) is 0 Å². The van der Waals surface area contributed by atoms with E-state index in [-0.39, 0.29) is 25.8 Å². The molecule has 0 heterocycles. The quantitative estimate of drug-likeness (QED) is 0.0199. The molecule has 0 aliphatic carbocycles. The van der Waals surface area contributed by atoms with E-state index in [1.54, 1.807) is 0 Å². The van der Waals surface area contributed by atoms with Gasteiger partial charge in [0.15, 0.2) is 0 Å². The molecule has 56 heavy (non-hydrogen) atoms. The van der Waals surface area contributed by atoms with Crippen LogP contribution in [0.25, 0.3) is 0 Å². The number of ether oxygens (including phenoxy) is 2. The molecule has 9 heteroatoms. The lowest BCUT2D eigenvalue weighted by atomic mass is 10.1. The predicted octanol–water partition coefficient (Wildman–Crippen LogP) is 12.9. The molecule has 0 amide bonds. The minimum atomic E-state index is -4.53. The minimum absolute atomic E-state index is 0.0206. The topological polar surface area (TPSA) is 94.1 Å². The minimum Gasteiger partial charge on any atom is -0.756 e. The zero-order valence-electron chi connectivity index (χ0n) is 37.1. The van der Waals surface area contributed by atoms with Crippen LogP contribution in [0, 0.1) is 0 Å². The Hall–Kier alpha value is -1.54. The predicted molar refractivity (Wildman–Crippen MR) is 236 cm³/mol. The monoisotopic (exact) mass is 810 g/mol. The van der Waals surface area contributed by atoms with Gasteiger partial charge in [0.25, 0.3) is 7.82 Å². The molecule has 2 unspecified atom stereocenters. The van der Waals surface area contributed by atoms with Crippen molar-refractivity contribution in [2.45, 2.75) is 193 Å². The molecule has 0 radical (unpaired) electrons. The number of quaternary nitrogens is 1. The molecule has 0 spiro atoms. The number of rotatable bonds is 42. The molecule has 0 aromatic carbocycles. The van der Waals surface area contributed by atoms with E-state index in [2.05, 4.69) is 62.5 Å². The van der Waals surface area contributed by atoms with E-state index in [9.17, 15) is 14.3 Å². The number of carbonyl (C=O) groups excluding carboxylic acids is 1. The number of carbonyl (C=O) groups is 1. The van der Waals surface area contributed by atoms with E-state index in [0.717, 1.165) is 64.2 Å². The first-order chi connectivity index (χ1) is 27.1. The summed E-state index contributed by atoms with van der Waals surface area (Å²) < 4.78 is 34.6. The van der Waals surface area contributed by atoms with E-state index in [1.807, 2.05) is 21.1 Å². The van der Waals surface area contributed by atoms with Gasteiger partial charge in [0.1, 0.15) is 19.3 Å². The van der Waals surface area contributed by atoms with E-state index >= 15 is 0 Å². The molecule has 0 rings (SSSR count). The highest BCUT2D eigenvalue weighted by molar-refractivity contribution is 7.45. The number of phosphoric ester groups is 1. The van der Waals surface area contributed by atoms with Crippen molar-refractivity contribution in [3.63, 3.8) is 0 Å². The third kappa shape index (κ3) is 43.6. The van der Waals surface area contributed by atoms with Crippen LogP contribution >= 0.6 is 7.82 Å². The van der Waals surface area contributed by atoms with Gasteiger partial charge in [-0.25, -0.2) is 0 Å². The first-order valence-electron chi connectivity index (χ1n) is 22.9. The molecule has 2 atom stereocenters. The van der Waals surface area contributed by atoms with Gasteiger partial charge in [-0.15, -0.1) is 0 Å². The molecular weight excluding hydrogens is 721 g/mol. The maximum Gasteiger partial charge on any atom is 0.306 e. The summed E-state index contributed by atoms with van der Waals surface area (Å²) in [5.74, 6) is -0.351. The second-order valence-corrected chi connectivity index (χ2v) is 17.8. The van der Waals surface area contributed by atoms with Crippen LogP contribution in [-0.2, 0) is 27.9 Å². The lowest BCUT2D eigenvalue weighted by Crippen LogP contribution is -2.37. The molecule has 0 bridgehead atoms. The van der Waals surface area contributed by atoms with Crippen molar-refractivity contribution < 1.29 is 37.3 Å². The second kappa shape index (κ2) is 40.2. The number of phosphoric acid groups is 1. The number of hydrogen-bond acceptors (Lipinski definition) is 7. The molecule has 0 aliphatic rings. The Morgan fingerprint density at radius 2 is 0.982 bits per heavy atom. The van der Waals surface area contributed by atoms with Gasteiger partial charge in [-0.05, 0) is 77.0 Å². The summed E-state index contributed by atoms with van der Waals surface area (Å²) in [6.07, 6.45) is 48.3. The summed E-state index contributed by atoms with van der Waals surface area (Å²) in [6, 6.07) is 0. The summed E-state index contributed by atoms with van der Waals surface area (Å²) in [5, 5.41) is 0.